The minimum atomic E-state index is 0. The summed E-state index contributed by atoms with van der Waals surface area (Å²) < 4.78 is 0. The second-order valence-corrected chi connectivity index (χ2v) is 7.71. The summed E-state index contributed by atoms with van der Waals surface area (Å²) in [4.78, 5) is 0. The molecule has 1 saturated carbocycles. The molecule has 3 rings (SSSR count). The Kier molecular flexibility index (Phi) is 4.90. The molecule has 0 spiro atoms. The Morgan fingerprint density at radius 3 is 2.13 bits per heavy atom. The maximum Gasteiger partial charge on any atom is 0 e. The first-order chi connectivity index (χ1) is 11.0. The Balaban J connectivity index is 0.00000208. The van der Waals surface area contributed by atoms with E-state index in [1.165, 1.54) is 65.5 Å². The van der Waals surface area contributed by atoms with Gasteiger partial charge in [-0.3, -0.25) is 0 Å². The third-order valence-corrected chi connectivity index (χ3v) is 5.98. The van der Waals surface area contributed by atoms with E-state index in [2.05, 4.69) is 64.1 Å². The van der Waals surface area contributed by atoms with Crippen molar-refractivity contribution in [3.05, 3.63) is 58.7 Å². The second-order valence-electron chi connectivity index (χ2n) is 7.71. The minimum Gasteiger partial charge on any atom is -0.0625 e. The van der Waals surface area contributed by atoms with Gasteiger partial charge in [0.05, 0.1) is 0 Å². The van der Waals surface area contributed by atoms with Gasteiger partial charge in [0.1, 0.15) is 0 Å². The van der Waals surface area contributed by atoms with Crippen molar-refractivity contribution >= 4 is 0 Å². The average molecular weight is 309 g/mol. The largest absolute Gasteiger partial charge is 0.0625 e. The topological polar surface area (TPSA) is 0 Å². The first kappa shape index (κ1) is 16.3. The predicted octanol–water partition coefficient (Wildman–Crippen LogP) is 6.89. The van der Waals surface area contributed by atoms with Crippen molar-refractivity contribution in [2.45, 2.75) is 59.8 Å². The summed E-state index contributed by atoms with van der Waals surface area (Å²) in [7, 11) is 0. The normalized spacial score (nSPS) is 21.4. The first-order valence-corrected chi connectivity index (χ1v) is 9.20. The lowest BCUT2D eigenvalue weighted by molar-refractivity contribution is 0.289. The molecule has 0 aromatic heterocycles. The van der Waals surface area contributed by atoms with Crippen molar-refractivity contribution in [2.24, 2.45) is 11.8 Å². The quantitative estimate of drug-likeness (QED) is 0.579. The molecule has 0 aliphatic heterocycles. The number of hydrogen-bond donors (Lipinski definition) is 0. The van der Waals surface area contributed by atoms with Gasteiger partial charge in [-0.05, 0) is 85.3 Å². The van der Waals surface area contributed by atoms with Crippen molar-refractivity contribution < 1.29 is 1.43 Å². The van der Waals surface area contributed by atoms with Gasteiger partial charge in [-0.1, -0.05) is 56.2 Å². The molecular weight excluding hydrogens is 276 g/mol. The van der Waals surface area contributed by atoms with Gasteiger partial charge in [0.2, 0.25) is 0 Å². The Morgan fingerprint density at radius 2 is 1.48 bits per heavy atom. The van der Waals surface area contributed by atoms with E-state index in [9.17, 15) is 0 Å². The third kappa shape index (κ3) is 3.68. The van der Waals surface area contributed by atoms with Crippen molar-refractivity contribution in [1.82, 2.24) is 0 Å². The second kappa shape index (κ2) is 6.91. The Morgan fingerprint density at radius 1 is 0.826 bits per heavy atom. The van der Waals surface area contributed by atoms with E-state index >= 15 is 0 Å². The fourth-order valence-electron chi connectivity index (χ4n) is 3.96. The number of aryl methyl sites for hydroxylation is 1. The zero-order valence-electron chi connectivity index (χ0n) is 15.2. The highest BCUT2D eigenvalue weighted by molar-refractivity contribution is 5.69. The van der Waals surface area contributed by atoms with E-state index in [1.54, 1.807) is 0 Å². The molecule has 0 unspecified atom stereocenters. The molecular formula is C23H32. The van der Waals surface area contributed by atoms with E-state index in [0.29, 0.717) is 0 Å². The molecule has 2 aromatic rings. The van der Waals surface area contributed by atoms with Crippen LogP contribution >= 0.6 is 0 Å². The molecule has 1 aliphatic rings. The highest BCUT2D eigenvalue weighted by Gasteiger charge is 2.18. The Hall–Kier alpha value is -1.56. The maximum absolute atomic E-state index is 2.40. The van der Waals surface area contributed by atoms with Crippen LogP contribution in [0.4, 0.5) is 0 Å². The standard InChI is InChI=1S/C23H30.H2/c1-16-5-8-20(9-6-16)15-21-10-12-22(13-11-21)23-14-7-17(2)18(3)19(23)4;/h7,10-14,16,20H,5-6,8-9,15H2,1-4H3;1H. The average Bonchev–Trinajstić information content (AvgIpc) is 2.56. The highest BCUT2D eigenvalue weighted by Crippen LogP contribution is 2.32. The Bertz CT molecular complexity index is 661. The summed E-state index contributed by atoms with van der Waals surface area (Å²) in [5.74, 6) is 1.85. The lowest BCUT2D eigenvalue weighted by Crippen LogP contribution is -2.14. The summed E-state index contributed by atoms with van der Waals surface area (Å²) in [6.45, 7) is 9.07. The number of rotatable bonds is 3. The van der Waals surface area contributed by atoms with E-state index in [1.807, 2.05) is 0 Å². The first-order valence-electron chi connectivity index (χ1n) is 9.20. The van der Waals surface area contributed by atoms with E-state index in [-0.39, 0.29) is 1.43 Å². The molecule has 0 heterocycles. The molecule has 2 aromatic carbocycles. The predicted molar refractivity (Wildman–Crippen MR) is 103 cm³/mol. The zero-order valence-corrected chi connectivity index (χ0v) is 15.2. The number of hydrogen-bond acceptors (Lipinski definition) is 0. The molecule has 124 valence electrons. The minimum absolute atomic E-state index is 0. The molecule has 1 fully saturated rings. The van der Waals surface area contributed by atoms with E-state index < -0.39 is 0 Å². The van der Waals surface area contributed by atoms with Crippen LogP contribution in [0.1, 0.15) is 56.3 Å². The maximum atomic E-state index is 2.40. The van der Waals surface area contributed by atoms with Gasteiger partial charge in [-0.15, -0.1) is 0 Å². The van der Waals surface area contributed by atoms with Crippen molar-refractivity contribution in [2.75, 3.05) is 0 Å². The number of benzene rings is 2. The summed E-state index contributed by atoms with van der Waals surface area (Å²) >= 11 is 0. The van der Waals surface area contributed by atoms with Crippen molar-refractivity contribution in [3.63, 3.8) is 0 Å². The molecule has 0 heteroatoms. The van der Waals surface area contributed by atoms with Crippen LogP contribution in [0.3, 0.4) is 0 Å². The summed E-state index contributed by atoms with van der Waals surface area (Å²) in [5.41, 5.74) is 8.46. The van der Waals surface area contributed by atoms with Crippen LogP contribution in [0.15, 0.2) is 36.4 Å². The van der Waals surface area contributed by atoms with Crippen LogP contribution in [0.25, 0.3) is 11.1 Å². The zero-order chi connectivity index (χ0) is 16.4. The van der Waals surface area contributed by atoms with Gasteiger partial charge in [0.15, 0.2) is 0 Å². The van der Waals surface area contributed by atoms with Crippen LogP contribution < -0.4 is 0 Å². The molecule has 0 atom stereocenters. The molecule has 1 aliphatic carbocycles. The van der Waals surface area contributed by atoms with Crippen LogP contribution in [-0.4, -0.2) is 0 Å². The lowest BCUT2D eigenvalue weighted by Gasteiger charge is -2.26. The van der Waals surface area contributed by atoms with E-state index in [4.69, 9.17) is 0 Å². The van der Waals surface area contributed by atoms with Crippen LogP contribution in [0, 0.1) is 32.6 Å². The molecule has 0 saturated heterocycles. The molecule has 23 heavy (non-hydrogen) atoms. The Labute approximate surface area is 143 Å². The van der Waals surface area contributed by atoms with Crippen LogP contribution in [0.2, 0.25) is 0 Å². The SMILES string of the molecule is Cc1ccc(-c2ccc(CC3CCC(C)CC3)cc2)c(C)c1C.[HH]. The molecule has 0 N–H and O–H groups in total. The van der Waals surface area contributed by atoms with Crippen molar-refractivity contribution in [1.29, 1.82) is 0 Å². The van der Waals surface area contributed by atoms with Crippen molar-refractivity contribution in [3.8, 4) is 11.1 Å². The molecule has 0 bridgehead atoms. The van der Waals surface area contributed by atoms with Gasteiger partial charge in [0.25, 0.3) is 0 Å². The summed E-state index contributed by atoms with van der Waals surface area (Å²) in [5, 5.41) is 0. The monoisotopic (exact) mass is 308 g/mol. The molecule has 0 amide bonds. The summed E-state index contributed by atoms with van der Waals surface area (Å²) in [6.07, 6.45) is 6.94. The lowest BCUT2D eigenvalue weighted by atomic mass is 9.80. The van der Waals surface area contributed by atoms with Gasteiger partial charge >= 0.3 is 0 Å². The fraction of sp³-hybridized carbons (Fsp3) is 0.478. The summed E-state index contributed by atoms with van der Waals surface area (Å²) in [6, 6.07) is 13.9. The van der Waals surface area contributed by atoms with Gasteiger partial charge in [-0.25, -0.2) is 0 Å². The molecule has 0 nitrogen and oxygen atoms in total. The smallest absolute Gasteiger partial charge is 0 e. The van der Waals surface area contributed by atoms with Gasteiger partial charge in [-0.2, -0.15) is 0 Å². The van der Waals surface area contributed by atoms with E-state index in [0.717, 1.165) is 11.8 Å². The van der Waals surface area contributed by atoms with Crippen LogP contribution in [-0.2, 0) is 6.42 Å². The van der Waals surface area contributed by atoms with Crippen LogP contribution in [0.5, 0.6) is 0 Å². The van der Waals surface area contributed by atoms with Gasteiger partial charge < -0.3 is 0 Å². The fourth-order valence-corrected chi connectivity index (χ4v) is 3.96. The highest BCUT2D eigenvalue weighted by atomic mass is 14.2. The third-order valence-electron chi connectivity index (χ3n) is 5.98. The molecule has 0 radical (unpaired) electrons. The van der Waals surface area contributed by atoms with Gasteiger partial charge in [0, 0.05) is 1.43 Å².